The Bertz CT molecular complexity index is 777. The molecular weight excluding hydrogens is 354 g/mol. The maximum Gasteiger partial charge on any atom is 0.305 e. The number of carbonyl (C=O) groups is 1. The molecule has 0 amide bonds. The van der Waals surface area contributed by atoms with Crippen LogP contribution in [0.2, 0.25) is 0 Å². The molecule has 0 radical (unpaired) electrons. The standard InChI is InChI=1S/C19H21NO7/c1-24-17-11-14(13-27-15-7-4-3-5-8-15)16(20(22)23)12-18(17)26-10-6-9-19(21)25-2/h3-5,7-8,11-12H,6,9-10,13H2,1-2H3. The van der Waals surface area contributed by atoms with Crippen molar-refractivity contribution < 1.29 is 28.7 Å². The number of ether oxygens (including phenoxy) is 4. The van der Waals surface area contributed by atoms with Gasteiger partial charge < -0.3 is 18.9 Å². The van der Waals surface area contributed by atoms with Crippen molar-refractivity contribution in [1.82, 2.24) is 0 Å². The first-order valence-electron chi connectivity index (χ1n) is 8.28. The van der Waals surface area contributed by atoms with Crippen LogP contribution in [0.5, 0.6) is 17.2 Å². The fraction of sp³-hybridized carbons (Fsp3) is 0.316. The Balaban J connectivity index is 2.13. The summed E-state index contributed by atoms with van der Waals surface area (Å²) >= 11 is 0. The Hall–Kier alpha value is -3.29. The minimum Gasteiger partial charge on any atom is -0.493 e. The maximum absolute atomic E-state index is 11.4. The molecule has 0 fully saturated rings. The second-order valence-electron chi connectivity index (χ2n) is 5.52. The van der Waals surface area contributed by atoms with Gasteiger partial charge in [0.2, 0.25) is 0 Å². The van der Waals surface area contributed by atoms with Crippen molar-refractivity contribution in [3.63, 3.8) is 0 Å². The quantitative estimate of drug-likeness (QED) is 0.271. The zero-order chi connectivity index (χ0) is 19.6. The van der Waals surface area contributed by atoms with Gasteiger partial charge >= 0.3 is 5.97 Å². The maximum atomic E-state index is 11.4. The lowest BCUT2D eigenvalue weighted by Crippen LogP contribution is -2.07. The molecule has 0 saturated heterocycles. The van der Waals surface area contributed by atoms with E-state index in [1.165, 1.54) is 26.4 Å². The molecule has 2 rings (SSSR count). The fourth-order valence-corrected chi connectivity index (χ4v) is 2.33. The van der Waals surface area contributed by atoms with Crippen molar-refractivity contribution >= 4 is 11.7 Å². The molecule has 0 N–H and O–H groups in total. The van der Waals surface area contributed by atoms with Crippen LogP contribution < -0.4 is 14.2 Å². The number of para-hydroxylation sites is 1. The van der Waals surface area contributed by atoms with Crippen molar-refractivity contribution in [2.75, 3.05) is 20.8 Å². The van der Waals surface area contributed by atoms with E-state index in [2.05, 4.69) is 4.74 Å². The predicted octanol–water partition coefficient (Wildman–Crippen LogP) is 3.51. The largest absolute Gasteiger partial charge is 0.493 e. The van der Waals surface area contributed by atoms with Crippen molar-refractivity contribution in [1.29, 1.82) is 0 Å². The first-order chi connectivity index (χ1) is 13.0. The number of rotatable bonds is 10. The number of nitrogens with zero attached hydrogens (tertiary/aromatic N) is 1. The molecule has 0 atom stereocenters. The van der Waals surface area contributed by atoms with Gasteiger partial charge in [0.15, 0.2) is 11.5 Å². The van der Waals surface area contributed by atoms with Gasteiger partial charge in [0, 0.05) is 6.42 Å². The summed E-state index contributed by atoms with van der Waals surface area (Å²) < 4.78 is 21.0. The molecule has 0 heterocycles. The zero-order valence-electron chi connectivity index (χ0n) is 15.2. The van der Waals surface area contributed by atoms with Crippen LogP contribution in [-0.2, 0) is 16.1 Å². The van der Waals surface area contributed by atoms with Crippen LogP contribution in [0.15, 0.2) is 42.5 Å². The SMILES string of the molecule is COC(=O)CCCOc1cc([N+](=O)[O-])c(COc2ccccc2)cc1OC. The van der Waals surface area contributed by atoms with Crippen LogP contribution in [-0.4, -0.2) is 31.7 Å². The van der Waals surface area contributed by atoms with Crippen LogP contribution in [0.4, 0.5) is 5.69 Å². The molecule has 8 heteroatoms. The van der Waals surface area contributed by atoms with E-state index < -0.39 is 4.92 Å². The van der Waals surface area contributed by atoms with Crippen molar-refractivity contribution in [3.05, 3.63) is 58.1 Å². The van der Waals surface area contributed by atoms with Gasteiger partial charge in [-0.05, 0) is 24.6 Å². The highest BCUT2D eigenvalue weighted by atomic mass is 16.6. The number of nitro benzene ring substituents is 1. The van der Waals surface area contributed by atoms with Gasteiger partial charge in [-0.2, -0.15) is 0 Å². The van der Waals surface area contributed by atoms with Gasteiger partial charge in [0.05, 0.1) is 37.4 Å². The lowest BCUT2D eigenvalue weighted by Gasteiger charge is -2.13. The Kier molecular flexibility index (Phi) is 7.42. The number of nitro groups is 1. The Morgan fingerprint density at radius 1 is 1.07 bits per heavy atom. The summed E-state index contributed by atoms with van der Waals surface area (Å²) in [6, 6.07) is 11.8. The third-order valence-electron chi connectivity index (χ3n) is 3.71. The number of carbonyl (C=O) groups excluding carboxylic acids is 1. The summed E-state index contributed by atoms with van der Waals surface area (Å²) in [5.41, 5.74) is 0.234. The highest BCUT2D eigenvalue weighted by Gasteiger charge is 2.20. The predicted molar refractivity (Wildman–Crippen MR) is 97.2 cm³/mol. The summed E-state index contributed by atoms with van der Waals surface area (Å²) in [4.78, 5) is 22.1. The van der Waals surface area contributed by atoms with Gasteiger partial charge in [0.25, 0.3) is 5.69 Å². The number of hydrogen-bond donors (Lipinski definition) is 0. The summed E-state index contributed by atoms with van der Waals surface area (Å²) in [5.74, 6) is 0.849. The summed E-state index contributed by atoms with van der Waals surface area (Å²) in [6.07, 6.45) is 0.617. The average molecular weight is 375 g/mol. The Morgan fingerprint density at radius 2 is 1.81 bits per heavy atom. The lowest BCUT2D eigenvalue weighted by molar-refractivity contribution is -0.385. The van der Waals surface area contributed by atoms with Crippen LogP contribution in [0.1, 0.15) is 18.4 Å². The van der Waals surface area contributed by atoms with E-state index in [9.17, 15) is 14.9 Å². The van der Waals surface area contributed by atoms with Crippen LogP contribution in [0.3, 0.4) is 0 Å². The highest BCUT2D eigenvalue weighted by molar-refractivity contribution is 5.69. The van der Waals surface area contributed by atoms with Crippen LogP contribution >= 0.6 is 0 Å². The minimum atomic E-state index is -0.496. The normalized spacial score (nSPS) is 10.1. The molecule has 2 aromatic carbocycles. The Morgan fingerprint density at radius 3 is 2.44 bits per heavy atom. The molecule has 0 spiro atoms. The average Bonchev–Trinajstić information content (AvgIpc) is 2.69. The van der Waals surface area contributed by atoms with Crippen molar-refractivity contribution in [3.8, 4) is 17.2 Å². The first-order valence-corrected chi connectivity index (χ1v) is 8.28. The van der Waals surface area contributed by atoms with Crippen molar-refractivity contribution in [2.24, 2.45) is 0 Å². The third-order valence-corrected chi connectivity index (χ3v) is 3.71. The van der Waals surface area contributed by atoms with E-state index in [0.29, 0.717) is 23.5 Å². The second kappa shape index (κ2) is 10.0. The minimum absolute atomic E-state index is 0.0132. The van der Waals surface area contributed by atoms with Gasteiger partial charge in [0.1, 0.15) is 12.4 Å². The van der Waals surface area contributed by atoms with Crippen molar-refractivity contribution in [2.45, 2.75) is 19.4 Å². The molecule has 8 nitrogen and oxygen atoms in total. The molecule has 0 saturated carbocycles. The molecule has 0 aliphatic carbocycles. The van der Waals surface area contributed by atoms with E-state index >= 15 is 0 Å². The number of esters is 1. The first kappa shape index (κ1) is 20.0. The zero-order valence-corrected chi connectivity index (χ0v) is 15.2. The molecule has 2 aromatic rings. The topological polar surface area (TPSA) is 97.1 Å². The fourth-order valence-electron chi connectivity index (χ4n) is 2.33. The van der Waals surface area contributed by atoms with E-state index in [-0.39, 0.29) is 37.0 Å². The van der Waals surface area contributed by atoms with Gasteiger partial charge in [-0.15, -0.1) is 0 Å². The molecule has 0 bridgehead atoms. The molecule has 0 aromatic heterocycles. The summed E-state index contributed by atoms with van der Waals surface area (Å²) in [7, 11) is 2.76. The van der Waals surface area contributed by atoms with Gasteiger partial charge in [-0.3, -0.25) is 14.9 Å². The van der Waals surface area contributed by atoms with E-state index in [0.717, 1.165) is 0 Å². The molecular formula is C19H21NO7. The number of benzene rings is 2. The summed E-state index contributed by atoms with van der Waals surface area (Å²) in [5, 5.41) is 11.4. The van der Waals surface area contributed by atoms with E-state index in [4.69, 9.17) is 14.2 Å². The summed E-state index contributed by atoms with van der Waals surface area (Å²) in [6.45, 7) is 0.210. The number of hydrogen-bond acceptors (Lipinski definition) is 7. The van der Waals surface area contributed by atoms with E-state index in [1.54, 1.807) is 12.1 Å². The Labute approximate surface area is 156 Å². The van der Waals surface area contributed by atoms with E-state index in [1.807, 2.05) is 18.2 Å². The van der Waals surface area contributed by atoms with Gasteiger partial charge in [-0.25, -0.2) is 0 Å². The molecule has 0 aliphatic heterocycles. The number of methoxy groups -OCH3 is 2. The van der Waals surface area contributed by atoms with Crippen LogP contribution in [0.25, 0.3) is 0 Å². The highest BCUT2D eigenvalue weighted by Crippen LogP contribution is 2.35. The monoisotopic (exact) mass is 375 g/mol. The van der Waals surface area contributed by atoms with Crippen LogP contribution in [0, 0.1) is 10.1 Å². The third kappa shape index (κ3) is 5.88. The smallest absolute Gasteiger partial charge is 0.305 e. The van der Waals surface area contributed by atoms with Gasteiger partial charge in [-0.1, -0.05) is 18.2 Å². The molecule has 144 valence electrons. The molecule has 27 heavy (non-hydrogen) atoms. The molecule has 0 unspecified atom stereocenters. The molecule has 0 aliphatic rings. The second-order valence-corrected chi connectivity index (χ2v) is 5.52. The lowest BCUT2D eigenvalue weighted by atomic mass is 10.1.